The molecule has 0 bridgehead atoms. The van der Waals surface area contributed by atoms with Crippen molar-refractivity contribution in [1.82, 2.24) is 0 Å². The molecule has 0 saturated heterocycles. The fourth-order valence-corrected chi connectivity index (χ4v) is 3.55. The minimum Gasteiger partial charge on any atom is -0.478 e. The van der Waals surface area contributed by atoms with Crippen LogP contribution < -0.4 is 4.74 Å². The number of carbonyl (C=O) groups excluding carboxylic acids is 1. The molecule has 1 aliphatic carbocycles. The maximum atomic E-state index is 12.3. The topological polar surface area (TPSA) is 63.6 Å². The fourth-order valence-electron chi connectivity index (χ4n) is 3.30. The van der Waals surface area contributed by atoms with Crippen LogP contribution in [-0.2, 0) is 4.79 Å². The zero-order valence-corrected chi connectivity index (χ0v) is 14.8. The lowest BCUT2D eigenvalue weighted by Gasteiger charge is -2.27. The van der Waals surface area contributed by atoms with Crippen LogP contribution in [0.5, 0.6) is 5.75 Å². The number of ether oxygens (including phenoxy) is 1. The van der Waals surface area contributed by atoms with Crippen molar-refractivity contribution in [2.75, 3.05) is 0 Å². The standard InChI is InChI=1S/C19H25ClO4/c1-2-3-4-5-13-6-8-14(9-7-13)19(23)24-15-10-11-16(18(21)22)17(20)12-15/h10-14H,2-9H2,1H3,(H,21,22)/t13-,14-. The number of carbonyl (C=O) groups is 2. The quantitative estimate of drug-likeness (QED) is 0.409. The molecule has 0 radical (unpaired) electrons. The SMILES string of the molecule is CCCCC[C@H]1CC[C@H](C(=O)Oc2ccc(C(=O)O)c(Cl)c2)CC1. The Hall–Kier alpha value is -1.55. The van der Waals surface area contributed by atoms with Crippen LogP contribution in [0.2, 0.25) is 5.02 Å². The van der Waals surface area contributed by atoms with E-state index in [1.807, 2.05) is 0 Å². The summed E-state index contributed by atoms with van der Waals surface area (Å²) in [6.45, 7) is 2.21. The number of esters is 1. The molecular weight excluding hydrogens is 328 g/mol. The zero-order valence-electron chi connectivity index (χ0n) is 14.1. The number of carboxylic acids is 1. The molecule has 0 heterocycles. The summed E-state index contributed by atoms with van der Waals surface area (Å²) in [4.78, 5) is 23.2. The van der Waals surface area contributed by atoms with Gasteiger partial charge in [-0.25, -0.2) is 4.79 Å². The first-order valence-electron chi connectivity index (χ1n) is 8.75. The second kappa shape index (κ2) is 9.07. The van der Waals surface area contributed by atoms with E-state index in [4.69, 9.17) is 21.4 Å². The average molecular weight is 353 g/mol. The monoisotopic (exact) mass is 352 g/mol. The summed E-state index contributed by atoms with van der Waals surface area (Å²) < 4.78 is 5.39. The first kappa shape index (κ1) is 18.8. The van der Waals surface area contributed by atoms with Gasteiger partial charge in [0.15, 0.2) is 0 Å². The minimum absolute atomic E-state index is 0.00375. The molecule has 5 heteroatoms. The zero-order chi connectivity index (χ0) is 17.5. The molecular formula is C19H25ClO4. The first-order valence-corrected chi connectivity index (χ1v) is 9.13. The van der Waals surface area contributed by atoms with Crippen LogP contribution in [-0.4, -0.2) is 17.0 Å². The van der Waals surface area contributed by atoms with E-state index in [1.165, 1.54) is 43.9 Å². The molecule has 1 N–H and O–H groups in total. The Morgan fingerprint density at radius 3 is 2.50 bits per heavy atom. The number of hydrogen-bond acceptors (Lipinski definition) is 3. The molecule has 1 fully saturated rings. The number of halogens is 1. The highest BCUT2D eigenvalue weighted by molar-refractivity contribution is 6.33. The number of unbranched alkanes of at least 4 members (excludes halogenated alkanes) is 2. The van der Waals surface area contributed by atoms with Gasteiger partial charge in [-0.3, -0.25) is 4.79 Å². The molecule has 4 nitrogen and oxygen atoms in total. The van der Waals surface area contributed by atoms with Gasteiger partial charge in [0.05, 0.1) is 16.5 Å². The lowest BCUT2D eigenvalue weighted by molar-refractivity contribution is -0.140. The van der Waals surface area contributed by atoms with Crippen molar-refractivity contribution in [3.8, 4) is 5.75 Å². The molecule has 0 aromatic heterocycles. The highest BCUT2D eigenvalue weighted by atomic mass is 35.5. The summed E-state index contributed by atoms with van der Waals surface area (Å²) in [5, 5.41) is 9.03. The van der Waals surface area contributed by atoms with E-state index in [1.54, 1.807) is 0 Å². The molecule has 132 valence electrons. The van der Waals surface area contributed by atoms with Gasteiger partial charge in [0.25, 0.3) is 0 Å². The molecule has 1 saturated carbocycles. The molecule has 0 atom stereocenters. The first-order chi connectivity index (χ1) is 11.5. The molecule has 0 spiro atoms. The Labute approximate surface area is 148 Å². The van der Waals surface area contributed by atoms with Crippen LogP contribution in [0.1, 0.15) is 68.6 Å². The van der Waals surface area contributed by atoms with Crippen molar-refractivity contribution in [3.05, 3.63) is 28.8 Å². The third-order valence-electron chi connectivity index (χ3n) is 4.79. The van der Waals surface area contributed by atoms with Gasteiger partial charge in [-0.1, -0.05) is 44.2 Å². The molecule has 0 unspecified atom stereocenters. The summed E-state index contributed by atoms with van der Waals surface area (Å²) in [6.07, 6.45) is 8.99. The number of carboxylic acid groups (broad SMARTS) is 1. The normalized spacial score (nSPS) is 20.6. The predicted octanol–water partition coefficient (Wildman–Crippen LogP) is 5.33. The Morgan fingerprint density at radius 1 is 1.21 bits per heavy atom. The maximum absolute atomic E-state index is 12.3. The largest absolute Gasteiger partial charge is 0.478 e. The Balaban J connectivity index is 1.83. The smallest absolute Gasteiger partial charge is 0.337 e. The number of hydrogen-bond donors (Lipinski definition) is 1. The van der Waals surface area contributed by atoms with Gasteiger partial charge in [-0.05, 0) is 43.7 Å². The van der Waals surface area contributed by atoms with E-state index in [-0.39, 0.29) is 22.5 Å². The lowest BCUT2D eigenvalue weighted by atomic mass is 9.80. The second-order valence-electron chi connectivity index (χ2n) is 6.58. The van der Waals surface area contributed by atoms with Gasteiger partial charge in [-0.2, -0.15) is 0 Å². The summed E-state index contributed by atoms with van der Waals surface area (Å²) in [7, 11) is 0. The molecule has 0 amide bonds. The number of benzene rings is 1. The van der Waals surface area contributed by atoms with Crippen LogP contribution in [0.3, 0.4) is 0 Å². The van der Waals surface area contributed by atoms with E-state index in [0.29, 0.717) is 5.75 Å². The van der Waals surface area contributed by atoms with Gasteiger partial charge in [-0.15, -0.1) is 0 Å². The van der Waals surface area contributed by atoms with Crippen molar-refractivity contribution < 1.29 is 19.4 Å². The van der Waals surface area contributed by atoms with Crippen molar-refractivity contribution in [2.24, 2.45) is 11.8 Å². The Kier molecular flexibility index (Phi) is 7.10. The molecule has 1 aliphatic rings. The maximum Gasteiger partial charge on any atom is 0.337 e. The summed E-state index contributed by atoms with van der Waals surface area (Å²) >= 11 is 5.90. The van der Waals surface area contributed by atoms with Crippen molar-refractivity contribution in [1.29, 1.82) is 0 Å². The Morgan fingerprint density at radius 2 is 1.92 bits per heavy atom. The fraction of sp³-hybridized carbons (Fsp3) is 0.579. The van der Waals surface area contributed by atoms with Crippen LogP contribution in [0.25, 0.3) is 0 Å². The van der Waals surface area contributed by atoms with Gasteiger partial charge in [0.1, 0.15) is 5.75 Å². The van der Waals surface area contributed by atoms with Crippen molar-refractivity contribution >= 4 is 23.5 Å². The molecule has 1 aromatic rings. The van der Waals surface area contributed by atoms with Crippen LogP contribution in [0.4, 0.5) is 0 Å². The van der Waals surface area contributed by atoms with E-state index >= 15 is 0 Å². The number of rotatable bonds is 7. The van der Waals surface area contributed by atoms with Crippen molar-refractivity contribution in [2.45, 2.75) is 58.3 Å². The van der Waals surface area contributed by atoms with Gasteiger partial charge in [0, 0.05) is 6.07 Å². The Bertz CT molecular complexity index is 577. The molecule has 2 rings (SSSR count). The summed E-state index contributed by atoms with van der Waals surface area (Å²) in [5.74, 6) is -0.351. The average Bonchev–Trinajstić information content (AvgIpc) is 2.55. The van der Waals surface area contributed by atoms with Gasteiger partial charge >= 0.3 is 11.9 Å². The molecule has 1 aromatic carbocycles. The van der Waals surface area contributed by atoms with Gasteiger partial charge in [0.2, 0.25) is 0 Å². The highest BCUT2D eigenvalue weighted by Crippen LogP contribution is 2.33. The van der Waals surface area contributed by atoms with E-state index in [0.717, 1.165) is 31.6 Å². The summed E-state index contributed by atoms with van der Waals surface area (Å²) in [6, 6.07) is 4.22. The van der Waals surface area contributed by atoms with E-state index in [9.17, 15) is 9.59 Å². The molecule has 24 heavy (non-hydrogen) atoms. The second-order valence-corrected chi connectivity index (χ2v) is 6.99. The van der Waals surface area contributed by atoms with E-state index in [2.05, 4.69) is 6.92 Å². The third-order valence-corrected chi connectivity index (χ3v) is 5.10. The van der Waals surface area contributed by atoms with Crippen LogP contribution in [0.15, 0.2) is 18.2 Å². The number of aromatic carboxylic acids is 1. The minimum atomic E-state index is -1.10. The lowest BCUT2D eigenvalue weighted by Crippen LogP contribution is -2.25. The highest BCUT2D eigenvalue weighted by Gasteiger charge is 2.27. The van der Waals surface area contributed by atoms with Crippen LogP contribution >= 0.6 is 11.6 Å². The van der Waals surface area contributed by atoms with E-state index < -0.39 is 5.97 Å². The van der Waals surface area contributed by atoms with Crippen LogP contribution in [0, 0.1) is 11.8 Å². The molecule has 0 aliphatic heterocycles. The predicted molar refractivity (Wildman–Crippen MR) is 93.6 cm³/mol. The summed E-state index contributed by atoms with van der Waals surface area (Å²) in [5.41, 5.74) is 0.00375. The third kappa shape index (κ3) is 5.23. The van der Waals surface area contributed by atoms with Crippen molar-refractivity contribution in [3.63, 3.8) is 0 Å². The van der Waals surface area contributed by atoms with Gasteiger partial charge < -0.3 is 9.84 Å².